The van der Waals surface area contributed by atoms with Gasteiger partial charge in [-0.05, 0) is 64.3 Å². The lowest BCUT2D eigenvalue weighted by atomic mass is 9.87. The lowest BCUT2D eigenvalue weighted by molar-refractivity contribution is -0.0486. The highest BCUT2D eigenvalue weighted by atomic mass is 35.5. The molecule has 1 atom stereocenters. The van der Waals surface area contributed by atoms with Gasteiger partial charge in [0, 0.05) is 26.7 Å². The zero-order chi connectivity index (χ0) is 34.3. The summed E-state index contributed by atoms with van der Waals surface area (Å²) in [6, 6.07) is 6.37. The van der Waals surface area contributed by atoms with Crippen LogP contribution in [-0.4, -0.2) is 77.8 Å². The number of piperidine rings is 1. The summed E-state index contributed by atoms with van der Waals surface area (Å²) in [6.45, 7) is 8.40. The lowest BCUT2D eigenvalue weighted by Crippen LogP contribution is -2.48. The van der Waals surface area contributed by atoms with Crippen molar-refractivity contribution >= 4 is 44.5 Å². The molecule has 0 saturated carbocycles. The molecule has 2 aliphatic rings. The minimum absolute atomic E-state index is 0.0210. The van der Waals surface area contributed by atoms with Crippen molar-refractivity contribution in [3.63, 3.8) is 0 Å². The number of nitrogens with zero attached hydrogens (tertiary/aromatic N) is 5. The average Bonchev–Trinajstić information content (AvgIpc) is 3.41. The van der Waals surface area contributed by atoms with Gasteiger partial charge >= 0.3 is 16.3 Å². The normalized spacial score (nSPS) is 18.0. The Hall–Kier alpha value is -3.97. The molecule has 3 heterocycles. The molecule has 0 unspecified atom stereocenters. The number of nitriles is 1. The molecule has 2 aromatic carbocycles. The van der Waals surface area contributed by atoms with E-state index in [9.17, 15) is 23.3 Å². The number of carbonyl (C=O) groups is 1. The summed E-state index contributed by atoms with van der Waals surface area (Å²) in [6.07, 6.45) is 2.73. The Morgan fingerprint density at radius 2 is 1.98 bits per heavy atom. The highest BCUT2D eigenvalue weighted by Crippen LogP contribution is 2.42. The van der Waals surface area contributed by atoms with Gasteiger partial charge in [0.25, 0.3) is 5.56 Å². The molecular formula is C31H36ClFN6O7S. The van der Waals surface area contributed by atoms with Crippen LogP contribution in [0.4, 0.5) is 14.9 Å². The molecule has 47 heavy (non-hydrogen) atoms. The summed E-state index contributed by atoms with van der Waals surface area (Å²) in [5.41, 5.74) is -1.92. The number of fused-ring (bicyclic) bond motifs is 1. The second-order valence-electron chi connectivity index (χ2n) is 12.6. The first kappa shape index (κ1) is 34.4. The first-order valence-corrected chi connectivity index (χ1v) is 16.9. The van der Waals surface area contributed by atoms with Crippen LogP contribution >= 0.6 is 11.6 Å². The zero-order valence-corrected chi connectivity index (χ0v) is 28.2. The summed E-state index contributed by atoms with van der Waals surface area (Å²) in [5.74, 6) is -1.65. The second kappa shape index (κ2) is 12.9. The number of carbonyl (C=O) groups excluding carboxylic acids is 1. The van der Waals surface area contributed by atoms with Gasteiger partial charge in [0.1, 0.15) is 23.0 Å². The van der Waals surface area contributed by atoms with Crippen LogP contribution in [0.5, 0.6) is 11.5 Å². The van der Waals surface area contributed by atoms with Crippen LogP contribution in [0.15, 0.2) is 35.4 Å². The maximum Gasteiger partial charge on any atom is 0.410 e. The first-order chi connectivity index (χ1) is 22.1. The van der Waals surface area contributed by atoms with Crippen molar-refractivity contribution in [2.24, 2.45) is 0 Å². The summed E-state index contributed by atoms with van der Waals surface area (Å²) < 4.78 is 62.5. The number of hydrogen-bond acceptors (Lipinski definition) is 9. The Kier molecular flexibility index (Phi) is 9.44. The van der Waals surface area contributed by atoms with Crippen LogP contribution in [0.1, 0.15) is 58.6 Å². The van der Waals surface area contributed by atoms with E-state index in [0.717, 1.165) is 16.4 Å². The van der Waals surface area contributed by atoms with Crippen LogP contribution in [-0.2, 0) is 19.7 Å². The number of likely N-dealkylation sites (tertiary alicyclic amines) is 1. The fourth-order valence-electron chi connectivity index (χ4n) is 5.62. The Morgan fingerprint density at radius 3 is 2.62 bits per heavy atom. The number of benzene rings is 2. The van der Waals surface area contributed by atoms with E-state index in [4.69, 9.17) is 25.8 Å². The zero-order valence-electron chi connectivity index (χ0n) is 26.7. The van der Waals surface area contributed by atoms with Crippen LogP contribution in [0, 0.1) is 17.1 Å². The predicted molar refractivity (Wildman–Crippen MR) is 172 cm³/mol. The van der Waals surface area contributed by atoms with Crippen molar-refractivity contribution in [1.29, 1.82) is 5.26 Å². The van der Waals surface area contributed by atoms with E-state index in [1.807, 2.05) is 20.8 Å². The van der Waals surface area contributed by atoms with Gasteiger partial charge in [-0.3, -0.25) is 14.1 Å². The van der Waals surface area contributed by atoms with Gasteiger partial charge in [-0.15, -0.1) is 0 Å². The number of anilines is 1. The molecule has 1 N–H and O–H groups in total. The Labute approximate surface area is 277 Å². The van der Waals surface area contributed by atoms with Gasteiger partial charge in [0.2, 0.25) is 0 Å². The minimum atomic E-state index is -4.04. The maximum absolute atomic E-state index is 15.0. The van der Waals surface area contributed by atoms with Crippen molar-refractivity contribution in [3.8, 4) is 17.6 Å². The summed E-state index contributed by atoms with van der Waals surface area (Å²) >= 11 is 6.68. The molecule has 0 aliphatic carbocycles. The van der Waals surface area contributed by atoms with E-state index in [1.54, 1.807) is 17.9 Å². The monoisotopic (exact) mass is 690 g/mol. The topological polar surface area (TPSA) is 156 Å². The van der Waals surface area contributed by atoms with Gasteiger partial charge in [0.05, 0.1) is 46.2 Å². The second-order valence-corrected chi connectivity index (χ2v) is 14.7. The summed E-state index contributed by atoms with van der Waals surface area (Å²) in [5, 5.41) is 9.71. The molecule has 0 radical (unpaired) electrons. The van der Waals surface area contributed by atoms with Crippen molar-refractivity contribution in [2.75, 3.05) is 38.0 Å². The van der Waals surface area contributed by atoms with E-state index in [2.05, 4.69) is 9.71 Å². The van der Waals surface area contributed by atoms with E-state index < -0.39 is 44.1 Å². The number of nitrogens with one attached hydrogen (secondary N) is 1. The van der Waals surface area contributed by atoms with Crippen LogP contribution < -0.4 is 15.0 Å². The van der Waals surface area contributed by atoms with Crippen LogP contribution in [0.25, 0.3) is 10.9 Å². The third kappa shape index (κ3) is 7.01. The van der Waals surface area contributed by atoms with E-state index in [0.29, 0.717) is 32.4 Å². The van der Waals surface area contributed by atoms with E-state index in [-0.39, 0.29) is 52.6 Å². The molecule has 3 aromatic rings. The maximum atomic E-state index is 15.0. The van der Waals surface area contributed by atoms with Crippen molar-refractivity contribution in [3.05, 3.63) is 57.3 Å². The first-order valence-electron chi connectivity index (χ1n) is 15.0. The highest BCUT2D eigenvalue weighted by molar-refractivity contribution is 7.90. The molecule has 5 rings (SSSR count). The number of halogens is 2. The molecule has 16 heteroatoms. The summed E-state index contributed by atoms with van der Waals surface area (Å²) in [4.78, 5) is 32.4. The smallest absolute Gasteiger partial charge is 0.410 e. The quantitative estimate of drug-likeness (QED) is 0.352. The average molecular weight is 691 g/mol. The van der Waals surface area contributed by atoms with E-state index in [1.165, 1.54) is 30.1 Å². The molecule has 2 saturated heterocycles. The van der Waals surface area contributed by atoms with Crippen molar-refractivity contribution in [1.82, 2.24) is 18.8 Å². The third-order valence-corrected chi connectivity index (χ3v) is 10.2. The molecule has 2 aliphatic heterocycles. The molecular weight excluding hydrogens is 655 g/mol. The molecule has 1 spiro atoms. The number of rotatable bonds is 7. The van der Waals surface area contributed by atoms with Crippen LogP contribution in [0.2, 0.25) is 5.02 Å². The number of amides is 1. The van der Waals surface area contributed by atoms with Gasteiger partial charge in [-0.1, -0.05) is 18.5 Å². The highest BCUT2D eigenvalue weighted by Gasteiger charge is 2.45. The standard InChI is InChI=1S/C31H36ClFN6O7S/c1-6-37(5)47(42,43)36-22-8-7-21(33)27(20(22)16-34)45-24-10-9-23-25(26(24)32)28(40)39(18-35-23)19-15-31(44-17-19)11-13-38(14-12-31)29(41)46-30(2,3)4/h7-10,18-19,36H,6,11-15,17H2,1-5H3/t19-/m1/s1. The molecule has 1 amide bonds. The minimum Gasteiger partial charge on any atom is -0.451 e. The largest absolute Gasteiger partial charge is 0.451 e. The van der Waals surface area contributed by atoms with Gasteiger partial charge in [-0.25, -0.2) is 14.2 Å². The summed E-state index contributed by atoms with van der Waals surface area (Å²) in [7, 11) is -2.69. The third-order valence-electron chi connectivity index (χ3n) is 8.29. The Morgan fingerprint density at radius 1 is 1.28 bits per heavy atom. The van der Waals surface area contributed by atoms with Crippen molar-refractivity contribution in [2.45, 2.75) is 64.2 Å². The molecule has 1 aromatic heterocycles. The van der Waals surface area contributed by atoms with E-state index >= 15 is 4.39 Å². The van der Waals surface area contributed by atoms with Crippen LogP contribution in [0.3, 0.4) is 0 Å². The molecule has 2 fully saturated rings. The molecule has 13 nitrogen and oxygen atoms in total. The predicted octanol–water partition coefficient (Wildman–Crippen LogP) is 5.19. The molecule has 252 valence electrons. The number of aromatic nitrogens is 2. The Bertz CT molecular complexity index is 1920. The fourth-order valence-corrected chi connectivity index (χ4v) is 6.85. The number of hydrogen-bond donors (Lipinski definition) is 1. The van der Waals surface area contributed by atoms with Gasteiger partial charge in [-0.2, -0.15) is 18.0 Å². The SMILES string of the molecule is CCN(C)S(=O)(=O)Nc1ccc(F)c(Oc2ccc3ncn([C@H]4COC5(CCN(C(=O)OC(C)(C)C)CC5)C4)c(=O)c3c2Cl)c1C#N. The molecule has 0 bridgehead atoms. The van der Waals surface area contributed by atoms with Gasteiger partial charge < -0.3 is 19.1 Å². The Balaban J connectivity index is 1.40. The lowest BCUT2D eigenvalue weighted by Gasteiger charge is -2.39. The fraction of sp³-hybridized carbons (Fsp3) is 0.484. The van der Waals surface area contributed by atoms with Crippen molar-refractivity contribution < 1.29 is 31.8 Å². The number of ether oxygens (including phenoxy) is 3. The van der Waals surface area contributed by atoms with Gasteiger partial charge in [0.15, 0.2) is 11.6 Å².